The first-order chi connectivity index (χ1) is 17.8. The molecule has 37 heavy (non-hydrogen) atoms. The zero-order valence-electron chi connectivity index (χ0n) is 22.0. The lowest BCUT2D eigenvalue weighted by Gasteiger charge is -2.34. The quantitative estimate of drug-likeness (QED) is 0.444. The number of piperazine rings is 1. The maximum atomic E-state index is 12.4. The summed E-state index contributed by atoms with van der Waals surface area (Å²) in [7, 11) is 0. The van der Waals surface area contributed by atoms with Gasteiger partial charge < -0.3 is 26.0 Å². The highest BCUT2D eigenvalue weighted by molar-refractivity contribution is 5.69. The lowest BCUT2D eigenvalue weighted by molar-refractivity contribution is 0.0488. The summed E-state index contributed by atoms with van der Waals surface area (Å²) in [5.74, 6) is 0.671. The van der Waals surface area contributed by atoms with Crippen molar-refractivity contribution in [3.8, 4) is 6.07 Å². The predicted molar refractivity (Wildman–Crippen MR) is 144 cm³/mol. The molecule has 1 aliphatic carbocycles. The molecule has 2 aromatic rings. The molecule has 0 bridgehead atoms. The summed E-state index contributed by atoms with van der Waals surface area (Å²) in [6, 6.07) is 9.92. The van der Waals surface area contributed by atoms with Crippen LogP contribution in [0.2, 0.25) is 0 Å². The molecule has 10 nitrogen and oxygen atoms in total. The maximum absolute atomic E-state index is 12.4. The van der Waals surface area contributed by atoms with E-state index in [2.05, 4.69) is 37.2 Å². The van der Waals surface area contributed by atoms with E-state index in [0.29, 0.717) is 17.2 Å². The Morgan fingerprint density at radius 3 is 2.70 bits per heavy atom. The molecular formula is C27H38N8O2. The predicted octanol–water partition coefficient (Wildman–Crippen LogP) is 3.74. The molecule has 1 amide bonds. The molecule has 0 aromatic carbocycles. The van der Waals surface area contributed by atoms with Crippen LogP contribution in [-0.4, -0.2) is 64.8 Å². The zero-order valence-corrected chi connectivity index (χ0v) is 22.0. The molecule has 1 aliphatic heterocycles. The van der Waals surface area contributed by atoms with Gasteiger partial charge in [-0.1, -0.05) is 18.9 Å². The number of carbonyl (C=O) groups excluding carboxylic acids is 1. The molecule has 0 spiro atoms. The summed E-state index contributed by atoms with van der Waals surface area (Å²) >= 11 is 0. The summed E-state index contributed by atoms with van der Waals surface area (Å²) in [6.07, 6.45) is 5.17. The van der Waals surface area contributed by atoms with Gasteiger partial charge in [0.2, 0.25) is 0 Å². The lowest BCUT2D eigenvalue weighted by atomic mass is 9.90. The number of rotatable bonds is 7. The molecule has 4 N–H and O–H groups in total. The molecule has 0 radical (unpaired) electrons. The molecule has 2 aliphatic rings. The molecule has 2 atom stereocenters. The number of carbonyl (C=O) groups is 1. The molecule has 10 heteroatoms. The number of nitriles is 1. The molecule has 2 aromatic heterocycles. The fourth-order valence-electron chi connectivity index (χ4n) is 4.75. The van der Waals surface area contributed by atoms with Gasteiger partial charge in [-0.15, -0.1) is 0 Å². The van der Waals surface area contributed by atoms with Gasteiger partial charge in [0.1, 0.15) is 17.5 Å². The summed E-state index contributed by atoms with van der Waals surface area (Å²) in [4.78, 5) is 23.9. The maximum Gasteiger partial charge on any atom is 0.407 e. The van der Waals surface area contributed by atoms with Crippen LogP contribution in [-0.2, 0) is 11.3 Å². The van der Waals surface area contributed by atoms with Crippen molar-refractivity contribution in [2.75, 3.05) is 36.8 Å². The van der Waals surface area contributed by atoms with Gasteiger partial charge in [-0.25, -0.2) is 14.8 Å². The summed E-state index contributed by atoms with van der Waals surface area (Å²) in [6.45, 7) is 10.3. The molecule has 198 valence electrons. The van der Waals surface area contributed by atoms with E-state index in [9.17, 15) is 10.1 Å². The van der Waals surface area contributed by atoms with Gasteiger partial charge in [0, 0.05) is 38.8 Å². The van der Waals surface area contributed by atoms with E-state index in [1.54, 1.807) is 6.20 Å². The van der Waals surface area contributed by atoms with E-state index in [1.807, 2.05) is 45.0 Å². The van der Waals surface area contributed by atoms with Crippen molar-refractivity contribution in [3.05, 3.63) is 41.9 Å². The third kappa shape index (κ3) is 8.03. The molecule has 4 rings (SSSR count). The van der Waals surface area contributed by atoms with Gasteiger partial charge in [-0.2, -0.15) is 5.26 Å². The van der Waals surface area contributed by atoms with E-state index in [1.165, 1.54) is 0 Å². The van der Waals surface area contributed by atoms with E-state index in [0.717, 1.165) is 69.8 Å². The van der Waals surface area contributed by atoms with Crippen LogP contribution < -0.4 is 21.3 Å². The standard InChI is InChI=1S/C27H38N8O2/c1-27(2,3)37-26(36)34-22-9-5-4-8-21(22)31-20-15-23(24(16-28)30-17-20)33-25-10-6-7-19(32-25)18-35-13-11-29-12-14-35/h6-7,10,15,17,21-22,29,31H,4-5,8-9,11-14,18H2,1-3H3,(H,32,33)(H,34,36)/t21-,22+/m1/s1. The van der Waals surface area contributed by atoms with E-state index in [-0.39, 0.29) is 12.1 Å². The van der Waals surface area contributed by atoms with Crippen LogP contribution in [0.5, 0.6) is 0 Å². The third-order valence-electron chi connectivity index (χ3n) is 6.48. The number of hydrogen-bond acceptors (Lipinski definition) is 9. The van der Waals surface area contributed by atoms with Gasteiger partial charge in [0.05, 0.1) is 29.3 Å². The average molecular weight is 507 g/mol. The van der Waals surface area contributed by atoms with Crippen LogP contribution in [0.15, 0.2) is 30.5 Å². The van der Waals surface area contributed by atoms with E-state index in [4.69, 9.17) is 9.72 Å². The SMILES string of the molecule is CC(C)(C)OC(=O)N[C@H]1CCCC[C@H]1Nc1cnc(C#N)c(Nc2cccc(CN3CCNCC3)n2)c1. The van der Waals surface area contributed by atoms with Crippen molar-refractivity contribution in [1.29, 1.82) is 5.26 Å². The van der Waals surface area contributed by atoms with Crippen LogP contribution in [0.4, 0.5) is 22.0 Å². The van der Waals surface area contributed by atoms with Gasteiger partial charge in [-0.05, 0) is 51.8 Å². The first-order valence-electron chi connectivity index (χ1n) is 13.1. The first kappa shape index (κ1) is 26.6. The number of nitrogens with one attached hydrogen (secondary N) is 4. The Morgan fingerprint density at radius 2 is 1.97 bits per heavy atom. The summed E-state index contributed by atoms with van der Waals surface area (Å²) in [5.41, 5.74) is 2.10. The zero-order chi connectivity index (χ0) is 26.3. The second-order valence-corrected chi connectivity index (χ2v) is 10.7. The molecule has 3 heterocycles. The number of nitrogens with zero attached hydrogens (tertiary/aromatic N) is 4. The van der Waals surface area contributed by atoms with Crippen LogP contribution in [0.3, 0.4) is 0 Å². The number of alkyl carbamates (subject to hydrolysis) is 1. The highest BCUT2D eigenvalue weighted by atomic mass is 16.6. The monoisotopic (exact) mass is 506 g/mol. The Kier molecular flexibility index (Phi) is 8.79. The van der Waals surface area contributed by atoms with Crippen LogP contribution >= 0.6 is 0 Å². The Morgan fingerprint density at radius 1 is 1.22 bits per heavy atom. The average Bonchev–Trinajstić information content (AvgIpc) is 2.85. The number of amides is 1. The van der Waals surface area contributed by atoms with Gasteiger partial charge in [-0.3, -0.25) is 4.90 Å². The summed E-state index contributed by atoms with van der Waals surface area (Å²) in [5, 5.41) is 22.9. The van der Waals surface area contributed by atoms with Crippen LogP contribution in [0.25, 0.3) is 0 Å². The molecule has 1 saturated carbocycles. The molecular weight excluding hydrogens is 468 g/mol. The van der Waals surface area contributed by atoms with Crippen LogP contribution in [0.1, 0.15) is 57.8 Å². The van der Waals surface area contributed by atoms with Gasteiger partial charge in [0.25, 0.3) is 0 Å². The van der Waals surface area contributed by atoms with Crippen molar-refractivity contribution in [2.24, 2.45) is 0 Å². The topological polar surface area (TPSA) is 127 Å². The van der Waals surface area contributed by atoms with Crippen molar-refractivity contribution in [1.82, 2.24) is 25.5 Å². The Hall–Kier alpha value is -3.42. The number of hydrogen-bond donors (Lipinski definition) is 4. The van der Waals surface area contributed by atoms with Gasteiger partial charge in [0.15, 0.2) is 5.69 Å². The van der Waals surface area contributed by atoms with Crippen LogP contribution in [0, 0.1) is 11.3 Å². The molecule has 1 saturated heterocycles. The Balaban J connectivity index is 1.44. The fraction of sp³-hybridized carbons (Fsp3) is 0.556. The Bertz CT molecular complexity index is 1100. The van der Waals surface area contributed by atoms with Crippen molar-refractivity contribution in [2.45, 2.75) is 70.7 Å². The highest BCUT2D eigenvalue weighted by Crippen LogP contribution is 2.26. The molecule has 0 unspecified atom stereocenters. The number of pyridine rings is 2. The third-order valence-corrected chi connectivity index (χ3v) is 6.48. The number of aromatic nitrogens is 2. The molecule has 2 fully saturated rings. The Labute approximate surface area is 219 Å². The van der Waals surface area contributed by atoms with E-state index < -0.39 is 11.7 Å². The van der Waals surface area contributed by atoms with Gasteiger partial charge >= 0.3 is 6.09 Å². The summed E-state index contributed by atoms with van der Waals surface area (Å²) < 4.78 is 5.46. The highest BCUT2D eigenvalue weighted by Gasteiger charge is 2.28. The fourth-order valence-corrected chi connectivity index (χ4v) is 4.75. The minimum absolute atomic E-state index is 0.0318. The minimum Gasteiger partial charge on any atom is -0.444 e. The largest absolute Gasteiger partial charge is 0.444 e. The second kappa shape index (κ2) is 12.2. The lowest BCUT2D eigenvalue weighted by Crippen LogP contribution is -2.49. The van der Waals surface area contributed by atoms with Crippen molar-refractivity contribution >= 4 is 23.3 Å². The van der Waals surface area contributed by atoms with Crippen molar-refractivity contribution in [3.63, 3.8) is 0 Å². The minimum atomic E-state index is -0.546. The first-order valence-corrected chi connectivity index (χ1v) is 13.1. The van der Waals surface area contributed by atoms with Crippen molar-refractivity contribution < 1.29 is 9.53 Å². The number of anilines is 3. The van der Waals surface area contributed by atoms with E-state index >= 15 is 0 Å². The smallest absolute Gasteiger partial charge is 0.407 e. The number of ether oxygens (including phenoxy) is 1. The normalized spacial score (nSPS) is 20.5. The second-order valence-electron chi connectivity index (χ2n) is 10.7.